The van der Waals surface area contributed by atoms with E-state index in [1.54, 1.807) is 11.8 Å². The molecule has 1 aliphatic heterocycles. The molecule has 0 bridgehead atoms. The summed E-state index contributed by atoms with van der Waals surface area (Å²) < 4.78 is 0. The zero-order valence-electron chi connectivity index (χ0n) is 15.6. The van der Waals surface area contributed by atoms with Gasteiger partial charge in [0.15, 0.2) is 0 Å². The van der Waals surface area contributed by atoms with E-state index in [0.29, 0.717) is 38.4 Å². The minimum absolute atomic E-state index is 0.174. The van der Waals surface area contributed by atoms with E-state index in [4.69, 9.17) is 0 Å². The maximum atomic E-state index is 12.4. The summed E-state index contributed by atoms with van der Waals surface area (Å²) in [6.45, 7) is 2.71. The molecular weight excluding hydrogens is 344 g/mol. The molecule has 5 heteroatoms. The van der Waals surface area contributed by atoms with Gasteiger partial charge in [-0.25, -0.2) is 0 Å². The fourth-order valence-corrected chi connectivity index (χ4v) is 4.74. The van der Waals surface area contributed by atoms with Crippen LogP contribution in [-0.2, 0) is 9.59 Å². The lowest BCUT2D eigenvalue weighted by Gasteiger charge is -2.35. The average molecular weight is 375 g/mol. The number of hydrogen-bond donors (Lipinski definition) is 0. The van der Waals surface area contributed by atoms with Crippen LogP contribution >= 0.6 is 11.8 Å². The van der Waals surface area contributed by atoms with Gasteiger partial charge in [0.05, 0.1) is 5.75 Å². The summed E-state index contributed by atoms with van der Waals surface area (Å²) in [6.07, 6.45) is 8.36. The lowest BCUT2D eigenvalue weighted by Crippen LogP contribution is -2.51. The van der Waals surface area contributed by atoms with Gasteiger partial charge in [-0.15, -0.1) is 11.8 Å². The molecule has 1 aromatic carbocycles. The SMILES string of the molecule is O=C(CCC1CCCCC1)N1CCN(C(=O)CSc2ccccc2)CC1. The standard InChI is InChI=1S/C21H30N2O2S/c24-20(12-11-18-7-3-1-4-8-18)22-13-15-23(16-14-22)21(25)17-26-19-9-5-2-6-10-19/h2,5-6,9-10,18H,1,3-4,7-8,11-17H2. The van der Waals surface area contributed by atoms with Crippen LogP contribution in [0.5, 0.6) is 0 Å². The number of piperazine rings is 1. The van der Waals surface area contributed by atoms with E-state index in [9.17, 15) is 9.59 Å². The fourth-order valence-electron chi connectivity index (χ4n) is 3.92. The number of thioether (sulfide) groups is 1. The number of rotatable bonds is 6. The van der Waals surface area contributed by atoms with Gasteiger partial charge in [-0.1, -0.05) is 50.3 Å². The van der Waals surface area contributed by atoms with Gasteiger partial charge >= 0.3 is 0 Å². The van der Waals surface area contributed by atoms with Crippen molar-refractivity contribution in [2.75, 3.05) is 31.9 Å². The molecule has 0 radical (unpaired) electrons. The van der Waals surface area contributed by atoms with Gasteiger partial charge in [0.25, 0.3) is 0 Å². The number of hydrogen-bond acceptors (Lipinski definition) is 3. The Bertz CT molecular complexity index is 579. The molecule has 3 rings (SSSR count). The fraction of sp³-hybridized carbons (Fsp3) is 0.619. The first kappa shape index (κ1) is 19.3. The zero-order chi connectivity index (χ0) is 18.2. The molecule has 0 spiro atoms. The minimum atomic E-state index is 0.174. The molecule has 2 aliphatic rings. The third-order valence-corrected chi connectivity index (χ3v) is 6.58. The van der Waals surface area contributed by atoms with E-state index < -0.39 is 0 Å². The maximum absolute atomic E-state index is 12.4. The van der Waals surface area contributed by atoms with Crippen LogP contribution in [0.1, 0.15) is 44.9 Å². The Morgan fingerprint density at radius 1 is 0.885 bits per heavy atom. The molecule has 1 saturated carbocycles. The van der Waals surface area contributed by atoms with Gasteiger partial charge < -0.3 is 9.80 Å². The van der Waals surface area contributed by atoms with E-state index in [-0.39, 0.29) is 11.8 Å². The van der Waals surface area contributed by atoms with E-state index in [1.165, 1.54) is 32.1 Å². The number of carbonyl (C=O) groups excluding carboxylic acids is 2. The van der Waals surface area contributed by atoms with Crippen molar-refractivity contribution >= 4 is 23.6 Å². The van der Waals surface area contributed by atoms with Crippen molar-refractivity contribution < 1.29 is 9.59 Å². The molecule has 142 valence electrons. The highest BCUT2D eigenvalue weighted by Gasteiger charge is 2.24. The van der Waals surface area contributed by atoms with Crippen LogP contribution in [0.2, 0.25) is 0 Å². The van der Waals surface area contributed by atoms with E-state index >= 15 is 0 Å². The number of carbonyl (C=O) groups is 2. The van der Waals surface area contributed by atoms with E-state index in [0.717, 1.165) is 17.2 Å². The van der Waals surface area contributed by atoms with Crippen molar-refractivity contribution in [3.05, 3.63) is 30.3 Å². The third-order valence-electron chi connectivity index (χ3n) is 5.58. The summed E-state index contributed by atoms with van der Waals surface area (Å²) in [7, 11) is 0. The van der Waals surface area contributed by atoms with Gasteiger partial charge in [0.1, 0.15) is 0 Å². The van der Waals surface area contributed by atoms with Gasteiger partial charge in [0.2, 0.25) is 11.8 Å². The van der Waals surface area contributed by atoms with Crippen LogP contribution in [0.15, 0.2) is 35.2 Å². The van der Waals surface area contributed by atoms with Crippen LogP contribution in [0, 0.1) is 5.92 Å². The molecule has 1 aromatic rings. The third kappa shape index (κ3) is 5.76. The minimum Gasteiger partial charge on any atom is -0.339 e. The molecule has 2 amide bonds. The molecule has 0 aromatic heterocycles. The second-order valence-electron chi connectivity index (χ2n) is 7.41. The molecule has 1 saturated heterocycles. The molecule has 4 nitrogen and oxygen atoms in total. The predicted octanol–water partition coefficient (Wildman–Crippen LogP) is 3.81. The van der Waals surface area contributed by atoms with Crippen LogP contribution in [0.4, 0.5) is 0 Å². The average Bonchev–Trinajstić information content (AvgIpc) is 2.72. The van der Waals surface area contributed by atoms with Gasteiger partial charge in [-0.3, -0.25) is 9.59 Å². The second kappa shape index (κ2) is 10.0. The Hall–Kier alpha value is -1.49. The van der Waals surface area contributed by atoms with Crippen molar-refractivity contribution in [3.8, 4) is 0 Å². The van der Waals surface area contributed by atoms with Crippen molar-refractivity contribution in [1.29, 1.82) is 0 Å². The van der Waals surface area contributed by atoms with E-state index in [1.807, 2.05) is 40.1 Å². The van der Waals surface area contributed by atoms with Gasteiger partial charge in [-0.2, -0.15) is 0 Å². The zero-order valence-corrected chi connectivity index (χ0v) is 16.4. The summed E-state index contributed by atoms with van der Waals surface area (Å²) in [5.41, 5.74) is 0. The van der Waals surface area contributed by atoms with Crippen LogP contribution < -0.4 is 0 Å². The molecule has 2 fully saturated rings. The van der Waals surface area contributed by atoms with Crippen LogP contribution in [0.25, 0.3) is 0 Å². The van der Waals surface area contributed by atoms with Crippen molar-refractivity contribution in [1.82, 2.24) is 9.80 Å². The Balaban J connectivity index is 1.35. The normalized spacial score (nSPS) is 18.8. The highest BCUT2D eigenvalue weighted by atomic mass is 32.2. The predicted molar refractivity (Wildman–Crippen MR) is 106 cm³/mol. The smallest absolute Gasteiger partial charge is 0.233 e. The first-order valence-electron chi connectivity index (χ1n) is 9.96. The molecule has 0 N–H and O–H groups in total. The maximum Gasteiger partial charge on any atom is 0.233 e. The highest BCUT2D eigenvalue weighted by molar-refractivity contribution is 8.00. The molecular formula is C21H30N2O2S. The quantitative estimate of drug-likeness (QED) is 0.711. The van der Waals surface area contributed by atoms with Crippen molar-refractivity contribution in [3.63, 3.8) is 0 Å². The molecule has 1 heterocycles. The molecule has 0 atom stereocenters. The topological polar surface area (TPSA) is 40.6 Å². The van der Waals surface area contributed by atoms with Gasteiger partial charge in [0, 0.05) is 37.5 Å². The number of benzene rings is 1. The summed E-state index contributed by atoms with van der Waals surface area (Å²) in [5, 5.41) is 0. The molecule has 0 unspecified atom stereocenters. The van der Waals surface area contributed by atoms with Gasteiger partial charge in [-0.05, 0) is 24.5 Å². The van der Waals surface area contributed by atoms with Crippen molar-refractivity contribution in [2.45, 2.75) is 49.8 Å². The summed E-state index contributed by atoms with van der Waals surface area (Å²) >= 11 is 1.58. The van der Waals surface area contributed by atoms with E-state index in [2.05, 4.69) is 0 Å². The number of nitrogens with zero attached hydrogens (tertiary/aromatic N) is 2. The van der Waals surface area contributed by atoms with Crippen LogP contribution in [-0.4, -0.2) is 53.5 Å². The summed E-state index contributed by atoms with van der Waals surface area (Å²) in [6, 6.07) is 10.0. The Labute approximate surface area is 161 Å². The largest absolute Gasteiger partial charge is 0.339 e. The monoisotopic (exact) mass is 374 g/mol. The molecule has 26 heavy (non-hydrogen) atoms. The highest BCUT2D eigenvalue weighted by Crippen LogP contribution is 2.27. The lowest BCUT2D eigenvalue weighted by atomic mass is 9.86. The second-order valence-corrected chi connectivity index (χ2v) is 8.45. The summed E-state index contributed by atoms with van der Waals surface area (Å²) in [5.74, 6) is 1.68. The van der Waals surface area contributed by atoms with Crippen LogP contribution in [0.3, 0.4) is 0 Å². The summed E-state index contributed by atoms with van der Waals surface area (Å²) in [4.78, 5) is 29.8. The Kier molecular flexibility index (Phi) is 7.42. The lowest BCUT2D eigenvalue weighted by molar-refractivity contribution is -0.138. The molecule has 1 aliphatic carbocycles. The Morgan fingerprint density at radius 2 is 1.50 bits per heavy atom. The first-order chi connectivity index (χ1) is 12.7. The first-order valence-corrected chi connectivity index (χ1v) is 10.9. The van der Waals surface area contributed by atoms with Crippen molar-refractivity contribution in [2.24, 2.45) is 5.92 Å². The number of amides is 2. The Morgan fingerprint density at radius 3 is 2.15 bits per heavy atom.